The summed E-state index contributed by atoms with van der Waals surface area (Å²) in [5.74, 6) is 1.93. The van der Waals surface area contributed by atoms with Gasteiger partial charge in [0.15, 0.2) is 6.61 Å². The molecule has 30 heavy (non-hydrogen) atoms. The molecule has 1 aliphatic carbocycles. The molecule has 1 saturated heterocycles. The Morgan fingerprint density at radius 1 is 1.13 bits per heavy atom. The smallest absolute Gasteiger partial charge is 0.260 e. The number of thiophene rings is 1. The van der Waals surface area contributed by atoms with Crippen molar-refractivity contribution in [3.63, 3.8) is 0 Å². The van der Waals surface area contributed by atoms with Crippen LogP contribution in [0.25, 0.3) is 10.2 Å². The Hall–Kier alpha value is -2.74. The maximum atomic E-state index is 13.0. The molecule has 1 aromatic carbocycles. The van der Waals surface area contributed by atoms with Crippen molar-refractivity contribution in [2.45, 2.75) is 26.2 Å². The largest absolute Gasteiger partial charge is 0.484 e. The molecule has 0 spiro atoms. The zero-order chi connectivity index (χ0) is 20.7. The van der Waals surface area contributed by atoms with Crippen LogP contribution in [0.5, 0.6) is 5.75 Å². The van der Waals surface area contributed by atoms with Crippen LogP contribution >= 0.6 is 11.3 Å². The molecule has 6 nitrogen and oxygen atoms in total. The Labute approximate surface area is 178 Å². The highest BCUT2D eigenvalue weighted by Gasteiger charge is 2.27. The number of fused-ring (bicyclic) bond motifs is 3. The van der Waals surface area contributed by atoms with Gasteiger partial charge in [-0.2, -0.15) is 0 Å². The van der Waals surface area contributed by atoms with Gasteiger partial charge in [-0.05, 0) is 56.0 Å². The van der Waals surface area contributed by atoms with Gasteiger partial charge < -0.3 is 14.5 Å². The van der Waals surface area contributed by atoms with Gasteiger partial charge in [0.25, 0.3) is 5.91 Å². The summed E-state index contributed by atoms with van der Waals surface area (Å²) in [7, 11) is 0. The third-order valence-corrected chi connectivity index (χ3v) is 6.95. The average molecular weight is 427 g/mol. The molecule has 0 unspecified atom stereocenters. The number of ether oxygens (including phenoxy) is 1. The van der Waals surface area contributed by atoms with Crippen molar-refractivity contribution in [1.82, 2.24) is 14.9 Å². The predicted molar refractivity (Wildman–Crippen MR) is 115 cm³/mol. The van der Waals surface area contributed by atoms with E-state index in [9.17, 15) is 9.18 Å². The highest BCUT2D eigenvalue weighted by molar-refractivity contribution is 7.19. The second-order valence-electron chi connectivity index (χ2n) is 7.74. The molecule has 3 aromatic rings. The van der Waals surface area contributed by atoms with Gasteiger partial charge in [-0.1, -0.05) is 0 Å². The number of piperazine rings is 1. The van der Waals surface area contributed by atoms with Gasteiger partial charge in [0.1, 0.15) is 28.0 Å². The normalized spacial score (nSPS) is 16.2. The van der Waals surface area contributed by atoms with E-state index >= 15 is 0 Å². The van der Waals surface area contributed by atoms with Crippen LogP contribution in [0.4, 0.5) is 10.2 Å². The van der Waals surface area contributed by atoms with Crippen molar-refractivity contribution >= 4 is 33.3 Å². The lowest BCUT2D eigenvalue weighted by molar-refractivity contribution is -0.133. The number of carbonyl (C=O) groups is 1. The summed E-state index contributed by atoms with van der Waals surface area (Å²) < 4.78 is 18.5. The van der Waals surface area contributed by atoms with Crippen LogP contribution in [0.1, 0.15) is 22.7 Å². The van der Waals surface area contributed by atoms with E-state index in [1.807, 2.05) is 23.2 Å². The maximum Gasteiger partial charge on any atom is 0.260 e. The van der Waals surface area contributed by atoms with Crippen molar-refractivity contribution in [2.24, 2.45) is 0 Å². The highest BCUT2D eigenvalue weighted by Crippen LogP contribution is 2.40. The van der Waals surface area contributed by atoms with E-state index in [-0.39, 0.29) is 18.3 Å². The first kappa shape index (κ1) is 19.2. The topological polar surface area (TPSA) is 58.6 Å². The van der Waals surface area contributed by atoms with E-state index < -0.39 is 0 Å². The monoisotopic (exact) mass is 426 g/mol. The summed E-state index contributed by atoms with van der Waals surface area (Å²) in [6.07, 6.45) is 3.46. The zero-order valence-corrected chi connectivity index (χ0v) is 17.7. The van der Waals surface area contributed by atoms with Crippen LogP contribution in [-0.2, 0) is 17.6 Å². The first-order valence-corrected chi connectivity index (χ1v) is 11.1. The molecule has 0 saturated carbocycles. The Kier molecular flexibility index (Phi) is 5.02. The van der Waals surface area contributed by atoms with Gasteiger partial charge in [-0.15, -0.1) is 11.3 Å². The number of aryl methyl sites for hydroxylation is 3. The summed E-state index contributed by atoms with van der Waals surface area (Å²) in [5, 5.41) is 1.22. The van der Waals surface area contributed by atoms with E-state index in [0.717, 1.165) is 42.4 Å². The number of rotatable bonds is 4. The fourth-order valence-electron chi connectivity index (χ4n) is 4.24. The fourth-order valence-corrected chi connectivity index (χ4v) is 5.55. The number of halogens is 1. The van der Waals surface area contributed by atoms with Crippen molar-refractivity contribution in [1.29, 1.82) is 0 Å². The molecule has 3 heterocycles. The Balaban J connectivity index is 1.26. The van der Waals surface area contributed by atoms with E-state index in [1.54, 1.807) is 0 Å². The lowest BCUT2D eigenvalue weighted by Crippen LogP contribution is -2.50. The minimum atomic E-state index is -0.324. The van der Waals surface area contributed by atoms with E-state index in [0.29, 0.717) is 18.8 Å². The van der Waals surface area contributed by atoms with Gasteiger partial charge in [0.05, 0.1) is 5.39 Å². The Morgan fingerprint density at radius 3 is 2.67 bits per heavy atom. The number of amides is 1. The zero-order valence-electron chi connectivity index (χ0n) is 16.9. The molecule has 1 fully saturated rings. The van der Waals surface area contributed by atoms with Crippen LogP contribution in [0, 0.1) is 12.7 Å². The van der Waals surface area contributed by atoms with Crippen molar-refractivity contribution < 1.29 is 13.9 Å². The molecule has 5 rings (SSSR count). The maximum absolute atomic E-state index is 13.0. The van der Waals surface area contributed by atoms with E-state index in [4.69, 9.17) is 9.72 Å². The van der Waals surface area contributed by atoms with Crippen LogP contribution in [0.3, 0.4) is 0 Å². The van der Waals surface area contributed by atoms with E-state index in [2.05, 4.69) is 9.88 Å². The van der Waals surface area contributed by atoms with Crippen LogP contribution in [-0.4, -0.2) is 53.6 Å². The number of nitrogens with zero attached hydrogens (tertiary/aromatic N) is 4. The lowest BCUT2D eigenvalue weighted by Gasteiger charge is -2.35. The van der Waals surface area contributed by atoms with Crippen molar-refractivity contribution in [2.75, 3.05) is 37.7 Å². The second-order valence-corrected chi connectivity index (χ2v) is 8.83. The van der Waals surface area contributed by atoms with Gasteiger partial charge in [0, 0.05) is 31.1 Å². The number of benzene rings is 1. The minimum Gasteiger partial charge on any atom is -0.484 e. The molecule has 0 atom stereocenters. The van der Waals surface area contributed by atoms with Gasteiger partial charge in [0.2, 0.25) is 0 Å². The first-order valence-electron chi connectivity index (χ1n) is 10.3. The van der Waals surface area contributed by atoms with Gasteiger partial charge in [-0.3, -0.25) is 4.79 Å². The second kappa shape index (κ2) is 7.83. The molecule has 1 amide bonds. The third-order valence-electron chi connectivity index (χ3n) is 5.77. The van der Waals surface area contributed by atoms with Crippen LogP contribution in [0.15, 0.2) is 24.3 Å². The molecule has 2 aliphatic rings. The predicted octanol–water partition coefficient (Wildman–Crippen LogP) is 3.36. The summed E-state index contributed by atoms with van der Waals surface area (Å²) in [6, 6.07) is 5.71. The molecule has 0 bridgehead atoms. The summed E-state index contributed by atoms with van der Waals surface area (Å²) in [4.78, 5) is 28.7. The molecule has 0 radical (unpaired) electrons. The highest BCUT2D eigenvalue weighted by atomic mass is 32.1. The van der Waals surface area contributed by atoms with E-state index in [1.165, 1.54) is 46.5 Å². The fraction of sp³-hybridized carbons (Fsp3) is 0.409. The molecular formula is C22H23FN4O2S. The van der Waals surface area contributed by atoms with Gasteiger partial charge in [-0.25, -0.2) is 14.4 Å². The molecule has 2 aromatic heterocycles. The number of anilines is 1. The summed E-state index contributed by atoms with van der Waals surface area (Å²) >= 11 is 1.81. The van der Waals surface area contributed by atoms with Gasteiger partial charge >= 0.3 is 0 Å². The SMILES string of the molecule is Cc1nc(N2CCN(C(=O)COc3ccc(F)cc3)CC2)c2c3c(sc2n1)CCC3. The van der Waals surface area contributed by atoms with Crippen molar-refractivity contribution in [3.05, 3.63) is 46.3 Å². The number of hydrogen-bond donors (Lipinski definition) is 0. The molecule has 156 valence electrons. The standard InChI is InChI=1S/C22H23FN4O2S/c1-14-24-21(20-17-3-2-4-18(17)30-22(20)25-14)27-11-9-26(10-12-27)19(28)13-29-16-7-5-15(23)6-8-16/h5-8H,2-4,9-13H2,1H3. The number of hydrogen-bond acceptors (Lipinski definition) is 6. The minimum absolute atomic E-state index is 0.0411. The number of aromatic nitrogens is 2. The van der Waals surface area contributed by atoms with Crippen LogP contribution in [0.2, 0.25) is 0 Å². The summed E-state index contributed by atoms with van der Waals surface area (Å²) in [6.45, 7) is 4.63. The molecular weight excluding hydrogens is 403 g/mol. The first-order chi connectivity index (χ1) is 14.6. The molecule has 0 N–H and O–H groups in total. The average Bonchev–Trinajstić information content (AvgIpc) is 3.33. The Morgan fingerprint density at radius 2 is 1.90 bits per heavy atom. The van der Waals surface area contributed by atoms with Crippen LogP contribution < -0.4 is 9.64 Å². The third kappa shape index (κ3) is 3.60. The van der Waals surface area contributed by atoms with Crippen molar-refractivity contribution in [3.8, 4) is 5.75 Å². The molecule has 1 aliphatic heterocycles. The lowest BCUT2D eigenvalue weighted by atomic mass is 10.1. The number of carbonyl (C=O) groups excluding carboxylic acids is 1. The summed E-state index contributed by atoms with van der Waals surface area (Å²) in [5.41, 5.74) is 1.43. The molecule has 8 heteroatoms. The quantitative estimate of drug-likeness (QED) is 0.640. The Bertz CT molecular complexity index is 1090.